The van der Waals surface area contributed by atoms with Crippen LogP contribution in [-0.2, 0) is 4.74 Å². The molecule has 134 valence electrons. The number of nitrogens with one attached hydrogen (secondary N) is 2. The molecule has 2 heterocycles. The van der Waals surface area contributed by atoms with Gasteiger partial charge in [0, 0.05) is 10.9 Å². The van der Waals surface area contributed by atoms with Gasteiger partial charge < -0.3 is 9.47 Å². The first-order valence-electron chi connectivity index (χ1n) is 7.75. The number of benzene rings is 1. The average molecular weight is 372 g/mol. The van der Waals surface area contributed by atoms with Crippen LogP contribution in [0.5, 0.6) is 5.75 Å². The predicted octanol–water partition coefficient (Wildman–Crippen LogP) is 2.97. The number of hydrogen-bond donors (Lipinski definition) is 2. The molecule has 0 spiro atoms. The van der Waals surface area contributed by atoms with Gasteiger partial charge in [0.25, 0.3) is 5.91 Å². The number of aromatic nitrogens is 3. The smallest absolute Gasteiger partial charge is 0.357 e. The highest BCUT2D eigenvalue weighted by molar-refractivity contribution is 7.14. The summed E-state index contributed by atoms with van der Waals surface area (Å²) in [6.07, 6.45) is 0. The van der Waals surface area contributed by atoms with E-state index in [-0.39, 0.29) is 18.0 Å². The number of anilines is 1. The van der Waals surface area contributed by atoms with Gasteiger partial charge in [-0.3, -0.25) is 15.2 Å². The minimum absolute atomic E-state index is 0.159. The van der Waals surface area contributed by atoms with E-state index in [0.29, 0.717) is 16.6 Å². The number of thiazole rings is 1. The summed E-state index contributed by atoms with van der Waals surface area (Å²) in [6, 6.07) is 9.00. The lowest BCUT2D eigenvalue weighted by molar-refractivity contribution is 0.0520. The Labute approximate surface area is 153 Å². The van der Waals surface area contributed by atoms with E-state index >= 15 is 0 Å². The van der Waals surface area contributed by atoms with Crippen molar-refractivity contribution < 1.29 is 19.1 Å². The van der Waals surface area contributed by atoms with Gasteiger partial charge in [0.2, 0.25) is 0 Å². The van der Waals surface area contributed by atoms with Gasteiger partial charge in [0.15, 0.2) is 10.8 Å². The third kappa shape index (κ3) is 3.72. The Hall–Kier alpha value is -3.20. The SMILES string of the molecule is CCOC(=O)c1csc(NC(=O)c2cc(-c3ccccc3OC)n[nH]2)n1. The van der Waals surface area contributed by atoms with Crippen molar-refractivity contribution in [2.75, 3.05) is 19.0 Å². The summed E-state index contributed by atoms with van der Waals surface area (Å²) < 4.78 is 10.2. The van der Waals surface area contributed by atoms with Gasteiger partial charge in [0.05, 0.1) is 19.4 Å². The Balaban J connectivity index is 1.74. The van der Waals surface area contributed by atoms with Gasteiger partial charge in [-0.05, 0) is 25.1 Å². The van der Waals surface area contributed by atoms with Crippen LogP contribution in [0.25, 0.3) is 11.3 Å². The van der Waals surface area contributed by atoms with E-state index in [1.54, 1.807) is 20.1 Å². The number of carbonyl (C=O) groups is 2. The average Bonchev–Trinajstić information content (AvgIpc) is 3.31. The molecular formula is C17H16N4O4S. The molecule has 0 aliphatic rings. The Morgan fingerprint density at radius 2 is 2.12 bits per heavy atom. The number of carbonyl (C=O) groups excluding carboxylic acids is 2. The predicted molar refractivity (Wildman–Crippen MR) is 96.6 cm³/mol. The fourth-order valence-electron chi connectivity index (χ4n) is 2.23. The molecule has 2 N–H and O–H groups in total. The molecule has 0 aliphatic carbocycles. The number of methoxy groups -OCH3 is 1. The summed E-state index contributed by atoms with van der Waals surface area (Å²) in [5.74, 6) is -0.280. The molecule has 0 unspecified atom stereocenters. The number of nitrogens with zero attached hydrogens (tertiary/aromatic N) is 2. The second-order valence-corrected chi connectivity index (χ2v) is 5.94. The molecule has 0 radical (unpaired) electrons. The van der Waals surface area contributed by atoms with Crippen molar-refractivity contribution >= 4 is 28.3 Å². The number of hydrogen-bond acceptors (Lipinski definition) is 7. The highest BCUT2D eigenvalue weighted by Gasteiger charge is 2.17. The largest absolute Gasteiger partial charge is 0.496 e. The number of para-hydroxylation sites is 1. The quantitative estimate of drug-likeness (QED) is 0.644. The van der Waals surface area contributed by atoms with E-state index in [9.17, 15) is 9.59 Å². The Bertz CT molecular complexity index is 934. The Kier molecular flexibility index (Phi) is 5.28. The van der Waals surface area contributed by atoms with Crippen molar-refractivity contribution in [1.82, 2.24) is 15.2 Å². The first kappa shape index (κ1) is 17.6. The van der Waals surface area contributed by atoms with E-state index < -0.39 is 11.9 Å². The van der Waals surface area contributed by atoms with Gasteiger partial charge in [-0.15, -0.1) is 11.3 Å². The first-order valence-corrected chi connectivity index (χ1v) is 8.63. The summed E-state index contributed by atoms with van der Waals surface area (Å²) in [5, 5.41) is 11.3. The monoisotopic (exact) mass is 372 g/mol. The van der Waals surface area contributed by atoms with Crippen LogP contribution in [0, 0.1) is 0 Å². The molecule has 26 heavy (non-hydrogen) atoms. The van der Waals surface area contributed by atoms with Crippen LogP contribution in [0.4, 0.5) is 5.13 Å². The first-order chi connectivity index (χ1) is 12.6. The molecule has 0 aliphatic heterocycles. The summed E-state index contributed by atoms with van der Waals surface area (Å²) in [5.41, 5.74) is 1.77. The fraction of sp³-hybridized carbons (Fsp3) is 0.176. The van der Waals surface area contributed by atoms with Gasteiger partial charge >= 0.3 is 5.97 Å². The number of H-pyrrole nitrogens is 1. The lowest BCUT2D eigenvalue weighted by Crippen LogP contribution is -2.12. The second-order valence-electron chi connectivity index (χ2n) is 5.08. The summed E-state index contributed by atoms with van der Waals surface area (Å²) >= 11 is 1.14. The number of aromatic amines is 1. The lowest BCUT2D eigenvalue weighted by Gasteiger charge is -2.04. The number of rotatable bonds is 6. The third-order valence-electron chi connectivity index (χ3n) is 3.41. The van der Waals surface area contributed by atoms with Crippen LogP contribution in [0.3, 0.4) is 0 Å². The normalized spacial score (nSPS) is 10.4. The third-order valence-corrected chi connectivity index (χ3v) is 4.17. The van der Waals surface area contributed by atoms with E-state index in [1.807, 2.05) is 24.3 Å². The molecule has 0 saturated heterocycles. The van der Waals surface area contributed by atoms with E-state index in [2.05, 4.69) is 20.5 Å². The Morgan fingerprint density at radius 1 is 1.31 bits per heavy atom. The molecule has 3 aromatic rings. The zero-order chi connectivity index (χ0) is 18.5. The van der Waals surface area contributed by atoms with Crippen molar-refractivity contribution in [3.63, 3.8) is 0 Å². The summed E-state index contributed by atoms with van der Waals surface area (Å²) in [7, 11) is 1.57. The molecule has 2 aromatic heterocycles. The van der Waals surface area contributed by atoms with Crippen LogP contribution in [-0.4, -0.2) is 40.8 Å². The molecule has 9 heteroatoms. The van der Waals surface area contributed by atoms with Gasteiger partial charge in [-0.2, -0.15) is 5.10 Å². The molecule has 0 saturated carbocycles. The van der Waals surface area contributed by atoms with E-state index in [4.69, 9.17) is 9.47 Å². The number of ether oxygens (including phenoxy) is 2. The standard InChI is InChI=1S/C17H16N4O4S/c1-3-25-16(23)13-9-26-17(18-13)19-15(22)12-8-11(20-21-12)10-6-4-5-7-14(10)24-2/h4-9H,3H2,1-2H3,(H,20,21)(H,18,19,22). The zero-order valence-electron chi connectivity index (χ0n) is 14.1. The van der Waals surface area contributed by atoms with Crippen molar-refractivity contribution in [2.24, 2.45) is 0 Å². The molecule has 0 atom stereocenters. The maximum atomic E-state index is 12.4. The molecule has 3 rings (SSSR count). The summed E-state index contributed by atoms with van der Waals surface area (Å²) in [6.45, 7) is 1.97. The van der Waals surface area contributed by atoms with Crippen molar-refractivity contribution in [3.8, 4) is 17.0 Å². The number of amides is 1. The summed E-state index contributed by atoms with van der Waals surface area (Å²) in [4.78, 5) is 28.0. The zero-order valence-corrected chi connectivity index (χ0v) is 14.9. The molecule has 1 amide bonds. The highest BCUT2D eigenvalue weighted by Crippen LogP contribution is 2.28. The number of esters is 1. The topological polar surface area (TPSA) is 106 Å². The molecule has 0 fully saturated rings. The van der Waals surface area contributed by atoms with Crippen LogP contribution >= 0.6 is 11.3 Å². The van der Waals surface area contributed by atoms with Crippen molar-refractivity contribution in [2.45, 2.75) is 6.92 Å². The van der Waals surface area contributed by atoms with Crippen LogP contribution in [0.2, 0.25) is 0 Å². The van der Waals surface area contributed by atoms with E-state index in [0.717, 1.165) is 16.9 Å². The van der Waals surface area contributed by atoms with Gasteiger partial charge in [0.1, 0.15) is 11.4 Å². The van der Waals surface area contributed by atoms with Crippen molar-refractivity contribution in [3.05, 3.63) is 47.1 Å². The molecular weight excluding hydrogens is 356 g/mol. The maximum Gasteiger partial charge on any atom is 0.357 e. The van der Waals surface area contributed by atoms with Crippen molar-refractivity contribution in [1.29, 1.82) is 0 Å². The fourth-order valence-corrected chi connectivity index (χ4v) is 2.90. The molecule has 8 nitrogen and oxygen atoms in total. The Morgan fingerprint density at radius 3 is 2.88 bits per heavy atom. The second kappa shape index (κ2) is 7.79. The molecule has 0 bridgehead atoms. The minimum Gasteiger partial charge on any atom is -0.496 e. The van der Waals surface area contributed by atoms with Crippen LogP contribution < -0.4 is 10.1 Å². The van der Waals surface area contributed by atoms with E-state index in [1.165, 1.54) is 5.38 Å². The molecule has 1 aromatic carbocycles. The lowest BCUT2D eigenvalue weighted by atomic mass is 10.1. The highest BCUT2D eigenvalue weighted by atomic mass is 32.1. The van der Waals surface area contributed by atoms with Gasteiger partial charge in [-0.25, -0.2) is 9.78 Å². The maximum absolute atomic E-state index is 12.4. The van der Waals surface area contributed by atoms with Crippen LogP contribution in [0.1, 0.15) is 27.9 Å². The minimum atomic E-state index is -0.524. The van der Waals surface area contributed by atoms with Crippen LogP contribution in [0.15, 0.2) is 35.7 Å². The van der Waals surface area contributed by atoms with Gasteiger partial charge in [-0.1, -0.05) is 12.1 Å².